The Morgan fingerprint density at radius 1 is 1.06 bits per heavy atom. The first-order valence-electron chi connectivity index (χ1n) is 11.1. The molecule has 1 heterocycles. The van der Waals surface area contributed by atoms with E-state index < -0.39 is 21.5 Å². The maximum absolute atomic E-state index is 13.9. The van der Waals surface area contributed by atoms with Crippen molar-refractivity contribution in [3.63, 3.8) is 0 Å². The number of fused-ring (bicyclic) bond motifs is 1. The largest absolute Gasteiger partial charge is 0.372 e. The molecular weight excluding hydrogens is 497 g/mol. The molecule has 0 bridgehead atoms. The van der Waals surface area contributed by atoms with Gasteiger partial charge in [-0.3, -0.25) is 9.69 Å². The van der Waals surface area contributed by atoms with Crippen molar-refractivity contribution in [3.8, 4) is 0 Å². The minimum atomic E-state index is -3.97. The lowest BCUT2D eigenvalue weighted by atomic mass is 9.87. The van der Waals surface area contributed by atoms with Crippen LogP contribution in [0, 0.1) is 0 Å². The monoisotopic (exact) mass is 527 g/mol. The van der Waals surface area contributed by atoms with Crippen molar-refractivity contribution in [2.75, 3.05) is 32.1 Å². The van der Waals surface area contributed by atoms with Crippen LogP contribution in [0.15, 0.2) is 41.3 Å². The Kier molecular flexibility index (Phi) is 7.73. The number of benzene rings is 2. The van der Waals surface area contributed by atoms with Crippen LogP contribution in [0.2, 0.25) is 10.0 Å². The van der Waals surface area contributed by atoms with Gasteiger partial charge in [0, 0.05) is 55.4 Å². The smallest absolute Gasteiger partial charge is 0.268 e. The van der Waals surface area contributed by atoms with Gasteiger partial charge in [0.15, 0.2) is 5.60 Å². The lowest BCUT2D eigenvalue weighted by molar-refractivity contribution is -0.132. The first-order valence-corrected chi connectivity index (χ1v) is 13.3. The highest BCUT2D eigenvalue weighted by molar-refractivity contribution is 7.89. The predicted molar refractivity (Wildman–Crippen MR) is 136 cm³/mol. The summed E-state index contributed by atoms with van der Waals surface area (Å²) >= 11 is 12.8. The average molecular weight is 529 g/mol. The number of anilines is 1. The van der Waals surface area contributed by atoms with Crippen molar-refractivity contribution < 1.29 is 18.3 Å². The van der Waals surface area contributed by atoms with Crippen LogP contribution in [0.25, 0.3) is 0 Å². The van der Waals surface area contributed by atoms with Crippen LogP contribution < -0.4 is 4.90 Å². The summed E-state index contributed by atoms with van der Waals surface area (Å²) in [5, 5.41) is 12.4. The molecule has 1 N–H and O–H groups in total. The maximum Gasteiger partial charge on any atom is 0.268 e. The Hall–Kier alpha value is -1.68. The quantitative estimate of drug-likeness (QED) is 0.562. The zero-order valence-electron chi connectivity index (χ0n) is 20.2. The van der Waals surface area contributed by atoms with E-state index in [4.69, 9.17) is 23.2 Å². The van der Waals surface area contributed by atoms with Crippen LogP contribution in [0.4, 0.5) is 5.69 Å². The van der Waals surface area contributed by atoms with Crippen molar-refractivity contribution in [1.29, 1.82) is 0 Å². The van der Waals surface area contributed by atoms with E-state index in [0.717, 1.165) is 4.31 Å². The normalized spacial score (nSPS) is 18.6. The standard InChI is InChI=1S/C24H31Cl2N3O4S/c1-15(2)28(16(3)4)11-12-29-20-14-17(25)13-19(26)22(20)24(31,23(29)30)18-9-7-8-10-21(18)34(32,33)27(5)6/h7-10,13-16,31H,11-12H2,1-6H3. The number of halogens is 2. The predicted octanol–water partition coefficient (Wildman–Crippen LogP) is 3.95. The Morgan fingerprint density at radius 2 is 1.65 bits per heavy atom. The lowest BCUT2D eigenvalue weighted by Crippen LogP contribution is -2.47. The van der Waals surface area contributed by atoms with Gasteiger partial charge in [-0.2, -0.15) is 0 Å². The van der Waals surface area contributed by atoms with Gasteiger partial charge in [-0.25, -0.2) is 12.7 Å². The molecule has 0 aromatic heterocycles. The van der Waals surface area contributed by atoms with E-state index in [0.29, 0.717) is 17.3 Å². The van der Waals surface area contributed by atoms with E-state index >= 15 is 0 Å². The third-order valence-corrected chi connectivity index (χ3v) is 8.57. The van der Waals surface area contributed by atoms with Crippen LogP contribution in [-0.2, 0) is 20.4 Å². The molecule has 0 radical (unpaired) electrons. The molecule has 34 heavy (non-hydrogen) atoms. The van der Waals surface area contributed by atoms with Crippen molar-refractivity contribution in [3.05, 3.63) is 57.6 Å². The molecule has 0 saturated heterocycles. The van der Waals surface area contributed by atoms with Gasteiger partial charge in [-0.15, -0.1) is 0 Å². The van der Waals surface area contributed by atoms with E-state index in [1.165, 1.54) is 37.2 Å². The van der Waals surface area contributed by atoms with Crippen molar-refractivity contribution in [2.45, 2.75) is 50.3 Å². The molecule has 0 saturated carbocycles. The van der Waals surface area contributed by atoms with Gasteiger partial charge >= 0.3 is 0 Å². The van der Waals surface area contributed by atoms with Gasteiger partial charge in [-0.05, 0) is 45.9 Å². The highest BCUT2D eigenvalue weighted by Gasteiger charge is 2.54. The van der Waals surface area contributed by atoms with Crippen LogP contribution >= 0.6 is 23.2 Å². The van der Waals surface area contributed by atoms with Crippen molar-refractivity contribution >= 4 is 44.8 Å². The summed E-state index contributed by atoms with van der Waals surface area (Å²) < 4.78 is 27.2. The summed E-state index contributed by atoms with van der Waals surface area (Å²) in [6.07, 6.45) is 0. The Bertz CT molecular complexity index is 1190. The van der Waals surface area contributed by atoms with Crippen LogP contribution in [-0.4, -0.2) is 67.9 Å². The fourth-order valence-corrected chi connectivity index (χ4v) is 6.29. The minimum absolute atomic E-state index is 0.0498. The number of nitrogens with zero attached hydrogens (tertiary/aromatic N) is 3. The second-order valence-corrected chi connectivity index (χ2v) is 12.1. The first kappa shape index (κ1) is 26.9. The summed E-state index contributed by atoms with van der Waals surface area (Å²) in [6, 6.07) is 9.46. The number of hydrogen-bond acceptors (Lipinski definition) is 5. The third-order valence-electron chi connectivity index (χ3n) is 6.19. The molecule has 1 unspecified atom stereocenters. The molecule has 1 aliphatic rings. The summed E-state index contributed by atoms with van der Waals surface area (Å²) in [6.45, 7) is 9.11. The number of amides is 1. The number of rotatable bonds is 8. The third kappa shape index (κ3) is 4.47. The van der Waals surface area contributed by atoms with E-state index in [2.05, 4.69) is 32.6 Å². The second kappa shape index (κ2) is 9.76. The molecule has 7 nitrogen and oxygen atoms in total. The van der Waals surface area contributed by atoms with E-state index in [-0.39, 0.29) is 39.7 Å². The lowest BCUT2D eigenvalue weighted by Gasteiger charge is -2.32. The average Bonchev–Trinajstić information content (AvgIpc) is 2.95. The van der Waals surface area contributed by atoms with Gasteiger partial charge in [0.1, 0.15) is 0 Å². The molecule has 3 rings (SSSR count). The molecule has 2 aromatic carbocycles. The van der Waals surface area contributed by atoms with Crippen LogP contribution in [0.5, 0.6) is 0 Å². The molecular formula is C24H31Cl2N3O4S. The molecule has 10 heteroatoms. The molecule has 0 aliphatic carbocycles. The number of carbonyl (C=O) groups excluding carboxylic acids is 1. The molecule has 0 fully saturated rings. The fourth-order valence-electron chi connectivity index (χ4n) is 4.53. The summed E-state index contributed by atoms with van der Waals surface area (Å²) in [5.74, 6) is -0.666. The fraction of sp³-hybridized carbons (Fsp3) is 0.458. The van der Waals surface area contributed by atoms with E-state index in [9.17, 15) is 18.3 Å². The first-order chi connectivity index (χ1) is 15.7. The van der Waals surface area contributed by atoms with Gasteiger partial charge in [0.25, 0.3) is 5.91 Å². The molecule has 186 valence electrons. The second-order valence-electron chi connectivity index (χ2n) is 9.16. The van der Waals surface area contributed by atoms with Gasteiger partial charge < -0.3 is 10.0 Å². The van der Waals surface area contributed by atoms with Gasteiger partial charge in [-0.1, -0.05) is 41.4 Å². The van der Waals surface area contributed by atoms with Gasteiger partial charge in [0.2, 0.25) is 10.0 Å². The maximum atomic E-state index is 13.9. The number of carbonyl (C=O) groups is 1. The molecule has 2 aromatic rings. The summed E-state index contributed by atoms with van der Waals surface area (Å²) in [4.78, 5) is 17.4. The summed E-state index contributed by atoms with van der Waals surface area (Å²) in [7, 11) is -1.18. The Labute approximate surface area is 211 Å². The van der Waals surface area contributed by atoms with Gasteiger partial charge in [0.05, 0.1) is 15.6 Å². The molecule has 0 spiro atoms. The Balaban J connectivity index is 2.21. The molecule has 1 amide bonds. The van der Waals surface area contributed by atoms with Crippen molar-refractivity contribution in [2.24, 2.45) is 0 Å². The zero-order chi connectivity index (χ0) is 25.6. The number of sulfonamides is 1. The minimum Gasteiger partial charge on any atom is -0.372 e. The Morgan fingerprint density at radius 3 is 2.21 bits per heavy atom. The molecule has 1 atom stereocenters. The SMILES string of the molecule is CC(C)N(CCN1C(=O)C(O)(c2ccccc2S(=O)(=O)N(C)C)c2c(Cl)cc(Cl)cc21)C(C)C. The highest BCUT2D eigenvalue weighted by Crippen LogP contribution is 2.50. The summed E-state index contributed by atoms with van der Waals surface area (Å²) in [5.41, 5.74) is -1.84. The van der Waals surface area contributed by atoms with E-state index in [1.54, 1.807) is 18.2 Å². The number of aliphatic hydroxyl groups is 1. The number of hydrogen-bond donors (Lipinski definition) is 1. The van der Waals surface area contributed by atoms with Crippen LogP contribution in [0.3, 0.4) is 0 Å². The van der Waals surface area contributed by atoms with Crippen molar-refractivity contribution in [1.82, 2.24) is 9.21 Å². The molecule has 1 aliphatic heterocycles. The van der Waals surface area contributed by atoms with Crippen LogP contribution in [0.1, 0.15) is 38.8 Å². The van der Waals surface area contributed by atoms with E-state index in [1.807, 2.05) is 0 Å². The highest BCUT2D eigenvalue weighted by atomic mass is 35.5. The topological polar surface area (TPSA) is 81.2 Å². The zero-order valence-corrected chi connectivity index (χ0v) is 22.5.